The molecule has 0 N–H and O–H groups in total. The molecule has 0 radical (unpaired) electrons. The van der Waals surface area contributed by atoms with Crippen molar-refractivity contribution in [3.63, 3.8) is 0 Å². The summed E-state index contributed by atoms with van der Waals surface area (Å²) >= 11 is 0. The molecule has 0 bridgehead atoms. The number of pyridine rings is 1. The van der Waals surface area contributed by atoms with Crippen LogP contribution in [0.15, 0.2) is 42.7 Å². The first-order valence-electron chi connectivity index (χ1n) is 7.83. The van der Waals surface area contributed by atoms with E-state index >= 15 is 0 Å². The summed E-state index contributed by atoms with van der Waals surface area (Å²) in [6.45, 7) is 2.43. The van der Waals surface area contributed by atoms with Crippen LogP contribution in [0.2, 0.25) is 0 Å². The van der Waals surface area contributed by atoms with Gasteiger partial charge in [0.2, 0.25) is 0 Å². The number of carbonyl (C=O) groups is 1. The molecule has 1 fully saturated rings. The van der Waals surface area contributed by atoms with E-state index in [-0.39, 0.29) is 11.9 Å². The fourth-order valence-corrected chi connectivity index (χ4v) is 2.16. The van der Waals surface area contributed by atoms with Crippen LogP contribution in [0.5, 0.6) is 11.5 Å². The molecule has 4 nitrogen and oxygen atoms in total. The smallest absolute Gasteiger partial charge is 0.314 e. The molecule has 1 aromatic heterocycles. The summed E-state index contributed by atoms with van der Waals surface area (Å²) in [7, 11) is 0. The zero-order chi connectivity index (χ0) is 16.1. The van der Waals surface area contributed by atoms with Crippen LogP contribution >= 0.6 is 0 Å². The lowest BCUT2D eigenvalue weighted by atomic mass is 10.1. The molecule has 3 rings (SSSR count). The van der Waals surface area contributed by atoms with Crippen molar-refractivity contribution in [2.75, 3.05) is 6.61 Å². The number of hydrogen-bond donors (Lipinski definition) is 0. The lowest BCUT2D eigenvalue weighted by molar-refractivity contribution is -0.135. The summed E-state index contributed by atoms with van der Waals surface area (Å²) in [5.41, 5.74) is 2.05. The number of hydrogen-bond acceptors (Lipinski definition) is 4. The number of carbonyl (C=O) groups excluding carboxylic acids is 1. The maximum Gasteiger partial charge on any atom is 0.314 e. The van der Waals surface area contributed by atoms with Gasteiger partial charge < -0.3 is 9.47 Å². The molecule has 118 valence electrons. The van der Waals surface area contributed by atoms with E-state index in [2.05, 4.69) is 4.98 Å². The van der Waals surface area contributed by atoms with Crippen LogP contribution in [0.3, 0.4) is 0 Å². The van der Waals surface area contributed by atoms with Crippen molar-refractivity contribution in [1.29, 1.82) is 0 Å². The molecule has 0 amide bonds. The van der Waals surface area contributed by atoms with Gasteiger partial charge >= 0.3 is 5.97 Å². The third kappa shape index (κ3) is 4.19. The predicted molar refractivity (Wildman–Crippen MR) is 89.1 cm³/mol. The molecule has 23 heavy (non-hydrogen) atoms. The highest BCUT2D eigenvalue weighted by Crippen LogP contribution is 2.34. The second-order valence-corrected chi connectivity index (χ2v) is 5.45. The number of rotatable bonds is 6. The monoisotopic (exact) mass is 309 g/mol. The van der Waals surface area contributed by atoms with E-state index < -0.39 is 0 Å². The first-order chi connectivity index (χ1) is 11.3. The average molecular weight is 309 g/mol. The Morgan fingerprint density at radius 1 is 1.13 bits per heavy atom. The van der Waals surface area contributed by atoms with Crippen molar-refractivity contribution >= 4 is 18.1 Å². The third-order valence-electron chi connectivity index (χ3n) is 3.56. The summed E-state index contributed by atoms with van der Waals surface area (Å²) < 4.78 is 11.1. The van der Waals surface area contributed by atoms with Crippen LogP contribution in [-0.4, -0.2) is 17.6 Å². The fraction of sp³-hybridized carbons (Fsp3) is 0.263. The molecular weight excluding hydrogens is 290 g/mol. The molecular formula is C19H19NO3. The Labute approximate surface area is 135 Å². The largest absolute Gasteiger partial charge is 0.490 e. The van der Waals surface area contributed by atoms with Gasteiger partial charge in [-0.1, -0.05) is 18.2 Å². The Morgan fingerprint density at radius 2 is 1.87 bits per heavy atom. The van der Waals surface area contributed by atoms with E-state index in [1.54, 1.807) is 18.5 Å². The lowest BCUT2D eigenvalue weighted by Crippen LogP contribution is -2.10. The van der Waals surface area contributed by atoms with Crippen LogP contribution in [0, 0.1) is 5.92 Å². The maximum atomic E-state index is 11.8. The summed E-state index contributed by atoms with van der Waals surface area (Å²) in [6, 6.07) is 9.46. The van der Waals surface area contributed by atoms with Gasteiger partial charge in [0.25, 0.3) is 0 Å². The second kappa shape index (κ2) is 7.09. The third-order valence-corrected chi connectivity index (χ3v) is 3.56. The highest BCUT2D eigenvalue weighted by molar-refractivity contribution is 5.78. The van der Waals surface area contributed by atoms with E-state index in [9.17, 15) is 4.79 Å². The summed E-state index contributed by atoms with van der Waals surface area (Å²) in [5.74, 6) is 0.991. The number of nitrogens with zero attached hydrogens (tertiary/aromatic N) is 1. The number of esters is 1. The average Bonchev–Trinajstić information content (AvgIpc) is 3.41. The highest BCUT2D eigenvalue weighted by Gasteiger charge is 2.32. The van der Waals surface area contributed by atoms with E-state index in [4.69, 9.17) is 9.47 Å². The Balaban J connectivity index is 1.77. The minimum Gasteiger partial charge on any atom is -0.490 e. The molecule has 2 aromatic rings. The SMILES string of the molecule is CCOc1cc(/C=C/c2ccncc2)ccc1OC(=O)C1CC1. The first-order valence-corrected chi connectivity index (χ1v) is 7.83. The van der Waals surface area contributed by atoms with Crippen LogP contribution in [-0.2, 0) is 4.79 Å². The van der Waals surface area contributed by atoms with Gasteiger partial charge in [-0.05, 0) is 55.2 Å². The lowest BCUT2D eigenvalue weighted by Gasteiger charge is -2.11. The maximum absolute atomic E-state index is 11.8. The van der Waals surface area contributed by atoms with Gasteiger partial charge in [-0.2, -0.15) is 0 Å². The van der Waals surface area contributed by atoms with Gasteiger partial charge in [0.15, 0.2) is 11.5 Å². The van der Waals surface area contributed by atoms with Crippen LogP contribution in [0.4, 0.5) is 0 Å². The quantitative estimate of drug-likeness (QED) is 0.598. The molecule has 0 saturated heterocycles. The van der Waals surface area contributed by atoms with Gasteiger partial charge in [0.05, 0.1) is 12.5 Å². The second-order valence-electron chi connectivity index (χ2n) is 5.45. The van der Waals surface area contributed by atoms with E-state index in [0.29, 0.717) is 18.1 Å². The molecule has 1 saturated carbocycles. The first kappa shape index (κ1) is 15.3. The zero-order valence-electron chi connectivity index (χ0n) is 13.1. The summed E-state index contributed by atoms with van der Waals surface area (Å²) in [5, 5.41) is 0. The Bertz CT molecular complexity index is 706. The van der Waals surface area contributed by atoms with Gasteiger partial charge in [-0.25, -0.2) is 0 Å². The van der Waals surface area contributed by atoms with Gasteiger partial charge in [-0.15, -0.1) is 0 Å². The van der Waals surface area contributed by atoms with E-state index in [1.165, 1.54) is 0 Å². The summed E-state index contributed by atoms with van der Waals surface area (Å²) in [6.07, 6.45) is 9.36. The molecule has 0 aliphatic heterocycles. The molecule has 0 unspecified atom stereocenters. The van der Waals surface area contributed by atoms with Crippen molar-refractivity contribution in [3.8, 4) is 11.5 Å². The minimum absolute atomic E-state index is 0.0655. The van der Waals surface area contributed by atoms with Crippen LogP contribution in [0.25, 0.3) is 12.2 Å². The standard InChI is InChI=1S/C19H19NO3/c1-2-22-18-13-15(4-3-14-9-11-20-12-10-14)5-8-17(18)23-19(21)16-6-7-16/h3-5,8-13,16H,2,6-7H2,1H3/b4-3+. The molecule has 1 heterocycles. The fourth-order valence-electron chi connectivity index (χ4n) is 2.16. The molecule has 1 aliphatic rings. The van der Waals surface area contributed by atoms with Crippen molar-refractivity contribution in [1.82, 2.24) is 4.98 Å². The predicted octanol–water partition coefficient (Wildman–Crippen LogP) is 3.97. The van der Waals surface area contributed by atoms with E-state index in [1.807, 2.05) is 43.3 Å². The topological polar surface area (TPSA) is 48.4 Å². The van der Waals surface area contributed by atoms with Crippen LogP contribution < -0.4 is 9.47 Å². The van der Waals surface area contributed by atoms with Crippen molar-refractivity contribution in [2.24, 2.45) is 5.92 Å². The minimum atomic E-state index is -0.161. The van der Waals surface area contributed by atoms with Crippen molar-refractivity contribution in [3.05, 3.63) is 53.9 Å². The van der Waals surface area contributed by atoms with Gasteiger partial charge in [0, 0.05) is 12.4 Å². The van der Waals surface area contributed by atoms with Gasteiger partial charge in [0.1, 0.15) is 0 Å². The molecule has 0 atom stereocenters. The molecule has 4 heteroatoms. The van der Waals surface area contributed by atoms with Crippen molar-refractivity contribution in [2.45, 2.75) is 19.8 Å². The Kier molecular flexibility index (Phi) is 4.71. The van der Waals surface area contributed by atoms with Crippen molar-refractivity contribution < 1.29 is 14.3 Å². The highest BCUT2D eigenvalue weighted by atomic mass is 16.6. The molecule has 1 aromatic carbocycles. The Morgan fingerprint density at radius 3 is 2.57 bits per heavy atom. The normalized spacial score (nSPS) is 14.0. The molecule has 1 aliphatic carbocycles. The molecule has 0 spiro atoms. The number of ether oxygens (including phenoxy) is 2. The van der Waals surface area contributed by atoms with Gasteiger partial charge in [-0.3, -0.25) is 9.78 Å². The number of benzene rings is 1. The van der Waals surface area contributed by atoms with Crippen LogP contribution in [0.1, 0.15) is 30.9 Å². The van der Waals surface area contributed by atoms with E-state index in [0.717, 1.165) is 24.0 Å². The number of aromatic nitrogens is 1. The Hall–Kier alpha value is -2.62. The summed E-state index contributed by atoms with van der Waals surface area (Å²) in [4.78, 5) is 15.8. The zero-order valence-corrected chi connectivity index (χ0v) is 13.1.